The van der Waals surface area contributed by atoms with Gasteiger partial charge in [0.1, 0.15) is 5.75 Å². The first kappa shape index (κ1) is 28.3. The van der Waals surface area contributed by atoms with Gasteiger partial charge in [-0.05, 0) is 67.4 Å². The summed E-state index contributed by atoms with van der Waals surface area (Å²) in [5.74, 6) is -0.150. The molecule has 0 unspecified atom stereocenters. The summed E-state index contributed by atoms with van der Waals surface area (Å²) in [5.41, 5.74) is 9.19. The number of para-hydroxylation sites is 2. The van der Waals surface area contributed by atoms with E-state index in [1.807, 2.05) is 86.0 Å². The highest BCUT2D eigenvalue weighted by Gasteiger charge is 2.10. The van der Waals surface area contributed by atoms with Gasteiger partial charge in [0.25, 0.3) is 11.8 Å². The summed E-state index contributed by atoms with van der Waals surface area (Å²) in [4.78, 5) is 29.8. The summed E-state index contributed by atoms with van der Waals surface area (Å²) in [5, 5.41) is 13.0. The van der Waals surface area contributed by atoms with E-state index >= 15 is 0 Å². The largest absolute Gasteiger partial charge is 0.483 e. The Morgan fingerprint density at radius 1 is 0.905 bits per heavy atom. The number of aryl methyl sites for hydroxylation is 1. The molecule has 0 saturated carbocycles. The quantitative estimate of drug-likeness (QED) is 0.123. The molecule has 0 atom stereocenters. The average molecular weight is 576 g/mol. The number of hydrogen-bond acceptors (Lipinski definition) is 7. The van der Waals surface area contributed by atoms with Crippen molar-refractivity contribution in [2.45, 2.75) is 13.8 Å². The van der Waals surface area contributed by atoms with E-state index in [0.29, 0.717) is 16.9 Å². The average Bonchev–Trinajstić information content (AvgIpc) is 3.48. The minimum absolute atomic E-state index is 0.167. The van der Waals surface area contributed by atoms with Gasteiger partial charge in [0.15, 0.2) is 11.7 Å². The van der Waals surface area contributed by atoms with Crippen molar-refractivity contribution in [2.24, 2.45) is 5.10 Å². The lowest BCUT2D eigenvalue weighted by molar-refractivity contribution is -0.118. The van der Waals surface area contributed by atoms with Gasteiger partial charge < -0.3 is 15.4 Å². The lowest BCUT2D eigenvalue weighted by Crippen LogP contribution is -2.21. The highest BCUT2D eigenvalue weighted by Crippen LogP contribution is 2.27. The first-order chi connectivity index (χ1) is 20.5. The van der Waals surface area contributed by atoms with Crippen molar-refractivity contribution in [2.75, 3.05) is 17.2 Å². The predicted octanol–water partition coefficient (Wildman–Crippen LogP) is 6.95. The van der Waals surface area contributed by atoms with Crippen LogP contribution in [0.5, 0.6) is 5.75 Å². The molecule has 1 aromatic heterocycles. The number of anilines is 3. The second-order valence-electron chi connectivity index (χ2n) is 9.43. The van der Waals surface area contributed by atoms with Crippen LogP contribution in [0.4, 0.5) is 16.5 Å². The summed E-state index contributed by atoms with van der Waals surface area (Å²) >= 11 is 1.51. The van der Waals surface area contributed by atoms with E-state index in [4.69, 9.17) is 4.74 Å². The number of thiazole rings is 1. The summed E-state index contributed by atoms with van der Waals surface area (Å²) in [6.45, 7) is 3.79. The Labute approximate surface area is 248 Å². The highest BCUT2D eigenvalue weighted by atomic mass is 32.1. The molecular formula is C33H29N5O3S. The van der Waals surface area contributed by atoms with Gasteiger partial charge in [-0.2, -0.15) is 5.10 Å². The molecule has 0 aliphatic heterocycles. The lowest BCUT2D eigenvalue weighted by atomic mass is 10.1. The smallest absolute Gasteiger partial charge is 0.271 e. The van der Waals surface area contributed by atoms with Crippen LogP contribution in [0.2, 0.25) is 0 Å². The second-order valence-corrected chi connectivity index (χ2v) is 10.3. The van der Waals surface area contributed by atoms with Crippen molar-refractivity contribution in [3.8, 4) is 17.0 Å². The SMILES string of the molecule is Cc1cccc(NC(=O)COc2ccccc2/C=N/NC(=O)c2ccc(-c3csc(Nc4ccccc4)n3)cc2)c1C. The number of carbonyl (C=O) groups excluding carboxylic acids is 2. The van der Waals surface area contributed by atoms with Crippen molar-refractivity contribution in [1.82, 2.24) is 10.4 Å². The van der Waals surface area contributed by atoms with Gasteiger partial charge in [-0.25, -0.2) is 10.4 Å². The van der Waals surface area contributed by atoms with Crippen molar-refractivity contribution < 1.29 is 14.3 Å². The van der Waals surface area contributed by atoms with Crippen molar-refractivity contribution >= 4 is 45.9 Å². The van der Waals surface area contributed by atoms with Crippen LogP contribution in [-0.2, 0) is 4.79 Å². The van der Waals surface area contributed by atoms with Crippen LogP contribution in [0, 0.1) is 13.8 Å². The molecular weight excluding hydrogens is 546 g/mol. The number of nitrogens with zero attached hydrogens (tertiary/aromatic N) is 2. The van der Waals surface area contributed by atoms with Gasteiger partial charge in [-0.15, -0.1) is 11.3 Å². The number of ether oxygens (including phenoxy) is 1. The molecule has 0 spiro atoms. The molecule has 0 aliphatic carbocycles. The van der Waals surface area contributed by atoms with Gasteiger partial charge in [0, 0.05) is 33.4 Å². The maximum Gasteiger partial charge on any atom is 0.271 e. The predicted molar refractivity (Wildman–Crippen MR) is 169 cm³/mol. The molecule has 210 valence electrons. The molecule has 0 radical (unpaired) electrons. The molecule has 5 aromatic rings. The van der Waals surface area contributed by atoms with Crippen LogP contribution >= 0.6 is 11.3 Å². The van der Waals surface area contributed by atoms with Crippen LogP contribution in [0.15, 0.2) is 108 Å². The summed E-state index contributed by atoms with van der Waals surface area (Å²) in [6.07, 6.45) is 1.49. The lowest BCUT2D eigenvalue weighted by Gasteiger charge is -2.12. The molecule has 1 heterocycles. The van der Waals surface area contributed by atoms with E-state index in [-0.39, 0.29) is 18.4 Å². The summed E-state index contributed by atoms with van der Waals surface area (Å²) in [6, 6.07) is 29.9. The number of hydrazone groups is 1. The highest BCUT2D eigenvalue weighted by molar-refractivity contribution is 7.14. The van der Waals surface area contributed by atoms with E-state index in [0.717, 1.165) is 38.9 Å². The third kappa shape index (κ3) is 7.26. The molecule has 0 bridgehead atoms. The Bertz CT molecular complexity index is 1720. The normalized spacial score (nSPS) is 10.8. The van der Waals surface area contributed by atoms with Gasteiger partial charge in [0.05, 0.1) is 11.9 Å². The Morgan fingerprint density at radius 2 is 1.67 bits per heavy atom. The monoisotopic (exact) mass is 575 g/mol. The van der Waals surface area contributed by atoms with E-state index < -0.39 is 0 Å². The minimum atomic E-state index is -0.353. The number of rotatable bonds is 10. The van der Waals surface area contributed by atoms with Crippen molar-refractivity contribution in [3.63, 3.8) is 0 Å². The molecule has 0 saturated heterocycles. The third-order valence-corrected chi connectivity index (χ3v) is 7.26. The molecule has 9 heteroatoms. The molecule has 8 nitrogen and oxygen atoms in total. The maximum absolute atomic E-state index is 12.7. The van der Waals surface area contributed by atoms with Crippen LogP contribution in [-0.4, -0.2) is 29.6 Å². The molecule has 0 aliphatic rings. The topological polar surface area (TPSA) is 105 Å². The fourth-order valence-corrected chi connectivity index (χ4v) is 4.80. The van der Waals surface area contributed by atoms with Crippen LogP contribution in [0.1, 0.15) is 27.0 Å². The van der Waals surface area contributed by atoms with Crippen LogP contribution in [0.3, 0.4) is 0 Å². The second kappa shape index (κ2) is 13.4. The van der Waals surface area contributed by atoms with Crippen molar-refractivity contribution in [1.29, 1.82) is 0 Å². The van der Waals surface area contributed by atoms with E-state index in [1.165, 1.54) is 17.6 Å². The standard InChI is InChI=1S/C33H29N5O3S/c1-22-9-8-13-28(23(22)2)36-31(39)20-41-30-14-7-6-10-26(30)19-34-38-32(40)25-17-15-24(16-18-25)29-21-42-33(37-29)35-27-11-4-3-5-12-27/h3-19,21H,20H2,1-2H3,(H,35,37)(H,36,39)(H,38,40)/b34-19+. The Kier molecular flexibility index (Phi) is 9.00. The van der Waals surface area contributed by atoms with Crippen LogP contribution < -0.4 is 20.8 Å². The Hall–Kier alpha value is -5.28. The fraction of sp³-hybridized carbons (Fsp3) is 0.0909. The molecule has 0 fully saturated rings. The molecule has 3 N–H and O–H groups in total. The van der Waals surface area contributed by atoms with Gasteiger partial charge in [-0.1, -0.05) is 54.6 Å². The maximum atomic E-state index is 12.7. The molecule has 2 amide bonds. The van der Waals surface area contributed by atoms with Gasteiger partial charge in [-0.3, -0.25) is 9.59 Å². The molecule has 4 aromatic carbocycles. The summed E-state index contributed by atoms with van der Waals surface area (Å²) in [7, 11) is 0. The number of nitrogens with one attached hydrogen (secondary N) is 3. The first-order valence-corrected chi connectivity index (χ1v) is 14.1. The minimum Gasteiger partial charge on any atom is -0.483 e. The van der Waals surface area contributed by atoms with E-state index in [9.17, 15) is 9.59 Å². The van der Waals surface area contributed by atoms with Gasteiger partial charge in [0.2, 0.25) is 0 Å². The van der Waals surface area contributed by atoms with E-state index in [2.05, 4.69) is 26.1 Å². The third-order valence-electron chi connectivity index (χ3n) is 6.50. The number of benzene rings is 4. The van der Waals surface area contributed by atoms with E-state index in [1.54, 1.807) is 30.3 Å². The first-order valence-electron chi connectivity index (χ1n) is 13.3. The fourth-order valence-electron chi connectivity index (χ4n) is 4.06. The molecule has 5 rings (SSSR count). The zero-order chi connectivity index (χ0) is 29.3. The number of amides is 2. The molecule has 42 heavy (non-hydrogen) atoms. The number of hydrogen-bond donors (Lipinski definition) is 3. The summed E-state index contributed by atoms with van der Waals surface area (Å²) < 4.78 is 5.75. The zero-order valence-corrected chi connectivity index (χ0v) is 23.9. The Morgan fingerprint density at radius 3 is 2.48 bits per heavy atom. The number of carbonyl (C=O) groups is 2. The van der Waals surface area contributed by atoms with Crippen molar-refractivity contribution in [3.05, 3.63) is 125 Å². The Balaban J connectivity index is 1.15. The zero-order valence-electron chi connectivity index (χ0n) is 23.1. The van der Waals surface area contributed by atoms with Gasteiger partial charge >= 0.3 is 0 Å². The van der Waals surface area contributed by atoms with Crippen LogP contribution in [0.25, 0.3) is 11.3 Å². The number of aromatic nitrogens is 1.